The molecule has 9 nitrogen and oxygen atoms in total. The van der Waals surface area contributed by atoms with E-state index in [1.165, 1.54) is 0 Å². The van der Waals surface area contributed by atoms with Crippen LogP contribution in [0.15, 0.2) is 14.4 Å². The molecule has 92 valence electrons. The molecule has 16 heavy (non-hydrogen) atoms. The summed E-state index contributed by atoms with van der Waals surface area (Å²) in [5.74, 6) is 0. The van der Waals surface area contributed by atoms with Crippen LogP contribution in [0.2, 0.25) is 0 Å². The van der Waals surface area contributed by atoms with E-state index in [-0.39, 0.29) is 0 Å². The number of hydrogen-bond acceptors (Lipinski definition) is 6. The molecule has 0 fully saturated rings. The molecule has 10 heteroatoms. The Labute approximate surface area is 91.4 Å². The Kier molecular flexibility index (Phi) is 7.03. The molecule has 0 spiro atoms. The van der Waals surface area contributed by atoms with Crippen LogP contribution >= 0.6 is 0 Å². The molecule has 3 N–H and O–H groups in total. The van der Waals surface area contributed by atoms with Gasteiger partial charge in [-0.25, -0.2) is 14.4 Å². The smallest absolute Gasteiger partial charge is 0.379 e. The van der Waals surface area contributed by atoms with E-state index in [0.29, 0.717) is 0 Å². The Morgan fingerprint density at radius 2 is 1.00 bits per heavy atom. The summed E-state index contributed by atoms with van der Waals surface area (Å²) < 4.78 is 14.2. The summed E-state index contributed by atoms with van der Waals surface area (Å²) in [6.45, 7) is 0. The summed E-state index contributed by atoms with van der Waals surface area (Å²) in [6.07, 6.45) is 0. The molecule has 1 aromatic rings. The van der Waals surface area contributed by atoms with Gasteiger partial charge in [-0.3, -0.25) is 15.0 Å². The maximum atomic E-state index is 10.2. The highest BCUT2D eigenvalue weighted by Gasteiger charge is 2.04. The Morgan fingerprint density at radius 3 is 1.12 bits per heavy atom. The summed E-state index contributed by atoms with van der Waals surface area (Å²) in [7, 11) is 3.05. The molecule has 0 atom stereocenters. The van der Waals surface area contributed by atoms with Crippen molar-refractivity contribution in [1.82, 2.24) is 15.0 Å². The summed E-state index contributed by atoms with van der Waals surface area (Å²) in [4.78, 5) is 35.9. The molecule has 0 aliphatic rings. The van der Waals surface area contributed by atoms with Crippen LogP contribution in [0.4, 0.5) is 0 Å². The number of aromatic amines is 3. The van der Waals surface area contributed by atoms with Crippen LogP contribution in [-0.4, -0.2) is 45.8 Å². The lowest BCUT2D eigenvalue weighted by Crippen LogP contribution is -2.34. The molecule has 1 rings (SSSR count). The monoisotopic (exact) mass is 251 g/mol. The predicted octanol–water partition coefficient (Wildman–Crippen LogP) is -2.61. The molecule has 0 unspecified atom stereocenters. The highest BCUT2D eigenvalue weighted by molar-refractivity contribution is 6.36. The van der Waals surface area contributed by atoms with Gasteiger partial charge < -0.3 is 13.3 Å². The SMILES string of the molecule is CO[SiH](OC)OC.O=c1[nH]c(=O)[nH]c(=O)[nH]1. The lowest BCUT2D eigenvalue weighted by molar-refractivity contribution is 0.163. The fraction of sp³-hybridized carbons (Fsp3) is 0.500. The van der Waals surface area contributed by atoms with Crippen LogP contribution in [0.1, 0.15) is 0 Å². The molecule has 1 aromatic heterocycles. The first-order valence-corrected chi connectivity index (χ1v) is 5.46. The molecule has 0 radical (unpaired) electrons. The van der Waals surface area contributed by atoms with Crippen molar-refractivity contribution in [2.45, 2.75) is 0 Å². The maximum absolute atomic E-state index is 10.2. The number of hydrogen-bond donors (Lipinski definition) is 3. The number of rotatable bonds is 3. The molecule has 0 bridgehead atoms. The second kappa shape index (κ2) is 7.75. The van der Waals surface area contributed by atoms with E-state index in [1.807, 2.05) is 0 Å². The largest absolute Gasteiger partial charge is 0.483 e. The highest BCUT2D eigenvalue weighted by atomic mass is 28.3. The highest BCUT2D eigenvalue weighted by Crippen LogP contribution is 1.81. The molecule has 0 aromatic carbocycles. The minimum Gasteiger partial charge on any atom is -0.379 e. The van der Waals surface area contributed by atoms with Crippen LogP contribution < -0.4 is 17.1 Å². The summed E-state index contributed by atoms with van der Waals surface area (Å²) in [5.41, 5.74) is -2.41. The van der Waals surface area contributed by atoms with Gasteiger partial charge in [0, 0.05) is 21.3 Å². The molecule has 1 heterocycles. The van der Waals surface area contributed by atoms with Gasteiger partial charge in [-0.2, -0.15) is 0 Å². The normalized spacial score (nSPS) is 9.75. The fourth-order valence-electron chi connectivity index (χ4n) is 0.692. The van der Waals surface area contributed by atoms with Gasteiger partial charge >= 0.3 is 26.6 Å². The molecule has 0 saturated heterocycles. The van der Waals surface area contributed by atoms with Gasteiger partial charge in [-0.15, -0.1) is 0 Å². The second-order valence-corrected chi connectivity index (χ2v) is 4.35. The van der Waals surface area contributed by atoms with Crippen molar-refractivity contribution in [3.05, 3.63) is 31.5 Å². The van der Waals surface area contributed by atoms with Gasteiger partial charge in [0.2, 0.25) is 0 Å². The van der Waals surface area contributed by atoms with Gasteiger partial charge in [0.25, 0.3) is 0 Å². The van der Waals surface area contributed by atoms with Crippen LogP contribution in [0.25, 0.3) is 0 Å². The first-order valence-electron chi connectivity index (χ1n) is 4.04. The standard InChI is InChI=1S/C3H3N3O3.C3H10O3Si/c7-1-4-2(8)6-3(9)5-1;1-4-7(5-2)6-3/h(H3,4,5,6,7,8,9);7H,1-3H3. The molecule has 0 amide bonds. The van der Waals surface area contributed by atoms with Crippen molar-refractivity contribution < 1.29 is 13.3 Å². The first-order chi connectivity index (χ1) is 7.53. The van der Waals surface area contributed by atoms with Gasteiger partial charge in [0.15, 0.2) is 0 Å². The van der Waals surface area contributed by atoms with E-state index < -0.39 is 26.6 Å². The zero-order valence-corrected chi connectivity index (χ0v) is 10.2. The number of H-pyrrole nitrogens is 3. The second-order valence-electron chi connectivity index (χ2n) is 2.36. The molecule has 0 aliphatic carbocycles. The van der Waals surface area contributed by atoms with Gasteiger partial charge in [-0.05, 0) is 0 Å². The van der Waals surface area contributed by atoms with Crippen molar-refractivity contribution in [1.29, 1.82) is 0 Å². The minimum absolute atomic E-state index is 0.802. The maximum Gasteiger partial charge on any atom is 0.483 e. The van der Waals surface area contributed by atoms with Gasteiger partial charge in [0.05, 0.1) is 0 Å². The minimum atomic E-state index is -1.67. The Hall–Kier alpha value is -1.49. The third-order valence-corrected chi connectivity index (χ3v) is 2.41. The summed E-state index contributed by atoms with van der Waals surface area (Å²) in [6, 6.07) is 0. The number of aromatic nitrogens is 3. The topological polar surface area (TPSA) is 126 Å². The zero-order valence-electron chi connectivity index (χ0n) is 9.03. The lowest BCUT2D eigenvalue weighted by Gasteiger charge is -2.05. The van der Waals surface area contributed by atoms with Crippen molar-refractivity contribution >= 4 is 9.53 Å². The Morgan fingerprint density at radius 1 is 0.750 bits per heavy atom. The molecular weight excluding hydrogens is 238 g/mol. The average molecular weight is 251 g/mol. The van der Waals surface area contributed by atoms with E-state index in [0.717, 1.165) is 0 Å². The lowest BCUT2D eigenvalue weighted by atomic mass is 11.0. The molecule has 0 saturated carbocycles. The molecule has 0 aliphatic heterocycles. The Bertz CT molecular complexity index is 362. The predicted molar refractivity (Wildman–Crippen MR) is 56.5 cm³/mol. The van der Waals surface area contributed by atoms with Crippen molar-refractivity contribution in [2.75, 3.05) is 21.3 Å². The summed E-state index contributed by atoms with van der Waals surface area (Å²) in [5, 5.41) is 0. The quantitative estimate of drug-likeness (QED) is 0.505. The summed E-state index contributed by atoms with van der Waals surface area (Å²) >= 11 is 0. The van der Waals surface area contributed by atoms with Crippen molar-refractivity contribution in [3.63, 3.8) is 0 Å². The number of nitrogens with one attached hydrogen (secondary N) is 3. The van der Waals surface area contributed by atoms with Crippen molar-refractivity contribution in [2.24, 2.45) is 0 Å². The fourth-order valence-corrected chi connectivity index (χ4v) is 1.27. The van der Waals surface area contributed by atoms with E-state index in [4.69, 9.17) is 13.3 Å². The van der Waals surface area contributed by atoms with E-state index >= 15 is 0 Å². The van der Waals surface area contributed by atoms with Gasteiger partial charge in [-0.1, -0.05) is 0 Å². The van der Waals surface area contributed by atoms with Crippen LogP contribution in [0.5, 0.6) is 0 Å². The van der Waals surface area contributed by atoms with Gasteiger partial charge in [0.1, 0.15) is 0 Å². The van der Waals surface area contributed by atoms with Crippen LogP contribution in [0, 0.1) is 0 Å². The van der Waals surface area contributed by atoms with E-state index in [1.54, 1.807) is 36.3 Å². The van der Waals surface area contributed by atoms with Crippen molar-refractivity contribution in [3.8, 4) is 0 Å². The average Bonchev–Trinajstić information content (AvgIpc) is 2.19. The molecular formula is C6H13N3O6Si. The van der Waals surface area contributed by atoms with Crippen LogP contribution in [-0.2, 0) is 13.3 Å². The van der Waals surface area contributed by atoms with Crippen LogP contribution in [0.3, 0.4) is 0 Å². The van der Waals surface area contributed by atoms with E-state index in [2.05, 4.69) is 0 Å². The first kappa shape index (κ1) is 14.5. The Balaban J connectivity index is 0.000000293. The van der Waals surface area contributed by atoms with E-state index in [9.17, 15) is 14.4 Å². The third-order valence-electron chi connectivity index (χ3n) is 1.26. The zero-order chi connectivity index (χ0) is 12.6. The third kappa shape index (κ3) is 6.08.